The lowest BCUT2D eigenvalue weighted by Gasteiger charge is -2.36. The number of hydrogen-bond donors (Lipinski definition) is 2. The van der Waals surface area contributed by atoms with E-state index >= 15 is 0 Å². The van der Waals surface area contributed by atoms with E-state index in [-0.39, 0.29) is 33.0 Å². The van der Waals surface area contributed by atoms with Crippen LogP contribution in [0, 0.1) is 11.3 Å². The number of sulfone groups is 1. The van der Waals surface area contributed by atoms with Crippen LogP contribution in [-0.4, -0.2) is 26.6 Å². The van der Waals surface area contributed by atoms with E-state index in [2.05, 4.69) is 5.32 Å². The van der Waals surface area contributed by atoms with Gasteiger partial charge in [-0.05, 0) is 42.8 Å². The first-order chi connectivity index (χ1) is 15.3. The second-order valence-corrected chi connectivity index (χ2v) is 9.25. The second-order valence-electron chi connectivity index (χ2n) is 7.27. The number of urea groups is 1. The van der Waals surface area contributed by atoms with E-state index in [9.17, 15) is 31.2 Å². The van der Waals surface area contributed by atoms with E-state index in [0.29, 0.717) is 0 Å². The number of halogens is 3. The Morgan fingerprint density at radius 1 is 1.21 bits per heavy atom. The smallest absolute Gasteiger partial charge is 0.366 e. The number of nitrogens with one attached hydrogen (secondary N) is 1. The highest BCUT2D eigenvalue weighted by atomic mass is 32.2. The Morgan fingerprint density at radius 2 is 1.88 bits per heavy atom. The Morgan fingerprint density at radius 3 is 2.42 bits per heavy atom. The molecule has 0 aromatic heterocycles. The van der Waals surface area contributed by atoms with Gasteiger partial charge >= 0.3 is 12.2 Å². The summed E-state index contributed by atoms with van der Waals surface area (Å²) in [7, 11) is -3.90. The number of benzene rings is 2. The monoisotopic (exact) mass is 478 g/mol. The summed E-state index contributed by atoms with van der Waals surface area (Å²) in [4.78, 5) is 25.9. The number of nitrogens with zero attached hydrogens (tertiary/aromatic N) is 2. The molecule has 172 valence electrons. The largest absolute Gasteiger partial charge is 0.416 e. The third-order valence-corrected chi connectivity index (χ3v) is 6.19. The Labute approximate surface area is 187 Å². The van der Waals surface area contributed by atoms with Crippen LogP contribution >= 0.6 is 0 Å². The molecule has 3 N–H and O–H groups in total. The fourth-order valence-electron chi connectivity index (χ4n) is 3.59. The molecule has 0 bridgehead atoms. The molecule has 2 aromatic rings. The first-order valence-corrected chi connectivity index (χ1v) is 11.2. The zero-order valence-electron chi connectivity index (χ0n) is 17.3. The summed E-state index contributed by atoms with van der Waals surface area (Å²) in [6, 6.07) is 7.22. The fourth-order valence-corrected chi connectivity index (χ4v) is 4.55. The van der Waals surface area contributed by atoms with Crippen LogP contribution in [-0.2, 0) is 20.8 Å². The topological polar surface area (TPSA) is 133 Å². The number of allylic oxidation sites excluding steroid dienone is 1. The van der Waals surface area contributed by atoms with E-state index < -0.39 is 39.6 Å². The van der Waals surface area contributed by atoms with Crippen LogP contribution in [0.15, 0.2) is 58.6 Å². The number of nitriles is 1. The van der Waals surface area contributed by atoms with E-state index in [1.165, 1.54) is 25.1 Å². The Bertz CT molecular complexity index is 1340. The fraction of sp³-hybridized carbons (Fsp3) is 0.190. The molecule has 0 aliphatic carbocycles. The Balaban J connectivity index is 2.23. The molecular weight excluding hydrogens is 461 g/mol. The standard InChI is InChI=1S/C21H17F3N4O4S/c1-11-17(19(26)29)18(15-7-6-12(10-25)8-16(15)33(2,31)32)27-20(30)28(11)14-5-3-4-13(9-14)21(22,23)24/h3-9,18H,1-2H3,(H2,26,29)(H,27,30)/t18-/m1/s1. The number of nitrogens with two attached hydrogens (primary N) is 1. The predicted octanol–water partition coefficient (Wildman–Crippen LogP) is 3.01. The first-order valence-electron chi connectivity index (χ1n) is 9.28. The van der Waals surface area contributed by atoms with Crippen LogP contribution in [0.4, 0.5) is 23.7 Å². The van der Waals surface area contributed by atoms with Crippen LogP contribution in [0.2, 0.25) is 0 Å². The molecule has 3 rings (SSSR count). The molecule has 8 nitrogen and oxygen atoms in total. The summed E-state index contributed by atoms with van der Waals surface area (Å²) in [5, 5.41) is 11.6. The molecule has 33 heavy (non-hydrogen) atoms. The molecule has 2 aromatic carbocycles. The molecule has 12 heteroatoms. The van der Waals surface area contributed by atoms with Gasteiger partial charge in [-0.1, -0.05) is 12.1 Å². The van der Waals surface area contributed by atoms with Crippen molar-refractivity contribution in [2.24, 2.45) is 5.73 Å². The normalized spacial score (nSPS) is 16.9. The van der Waals surface area contributed by atoms with Gasteiger partial charge < -0.3 is 11.1 Å². The van der Waals surface area contributed by atoms with Gasteiger partial charge in [0.15, 0.2) is 9.84 Å². The number of anilines is 1. The molecule has 3 amide bonds. The minimum absolute atomic E-state index is 0.0123. The summed E-state index contributed by atoms with van der Waals surface area (Å²) in [5.41, 5.74) is 4.09. The van der Waals surface area contributed by atoms with Crippen molar-refractivity contribution in [3.8, 4) is 6.07 Å². The van der Waals surface area contributed by atoms with Crippen molar-refractivity contribution in [1.29, 1.82) is 5.26 Å². The summed E-state index contributed by atoms with van der Waals surface area (Å²) in [6.45, 7) is 1.32. The Kier molecular flexibility index (Phi) is 5.95. The van der Waals surface area contributed by atoms with Crippen molar-refractivity contribution in [2.75, 3.05) is 11.2 Å². The van der Waals surface area contributed by atoms with Crippen molar-refractivity contribution in [3.05, 3.63) is 70.4 Å². The second kappa shape index (κ2) is 8.25. The molecule has 0 radical (unpaired) electrons. The number of rotatable bonds is 4. The van der Waals surface area contributed by atoms with Gasteiger partial charge in [0.2, 0.25) is 5.91 Å². The van der Waals surface area contributed by atoms with Gasteiger partial charge in [-0.25, -0.2) is 13.2 Å². The maximum Gasteiger partial charge on any atom is 0.416 e. The molecule has 1 atom stereocenters. The number of primary amides is 1. The molecular formula is C21H17F3N4O4S. The van der Waals surface area contributed by atoms with Crippen molar-refractivity contribution >= 4 is 27.5 Å². The van der Waals surface area contributed by atoms with E-state index in [1.54, 1.807) is 0 Å². The molecule has 1 aliphatic rings. The van der Waals surface area contributed by atoms with Crippen molar-refractivity contribution in [1.82, 2.24) is 5.32 Å². The average Bonchev–Trinajstić information content (AvgIpc) is 2.71. The zero-order chi connectivity index (χ0) is 24.7. The minimum atomic E-state index is -4.66. The van der Waals surface area contributed by atoms with Gasteiger partial charge in [-0.15, -0.1) is 0 Å². The molecule has 0 saturated carbocycles. The lowest BCUT2D eigenvalue weighted by atomic mass is 9.93. The lowest BCUT2D eigenvalue weighted by Crippen LogP contribution is -2.49. The molecule has 0 saturated heterocycles. The quantitative estimate of drug-likeness (QED) is 0.697. The summed E-state index contributed by atoms with van der Waals surface area (Å²) in [5.74, 6) is -1.02. The van der Waals surface area contributed by atoms with Gasteiger partial charge in [0.25, 0.3) is 0 Å². The van der Waals surface area contributed by atoms with Crippen molar-refractivity contribution in [2.45, 2.75) is 24.0 Å². The molecule has 0 spiro atoms. The minimum Gasteiger partial charge on any atom is -0.366 e. The summed E-state index contributed by atoms with van der Waals surface area (Å²) in [6.07, 6.45) is -3.77. The SMILES string of the molecule is CC1=C(C(N)=O)[C@@H](c2ccc(C#N)cc2S(C)(=O)=O)NC(=O)N1c1cccc(C(F)(F)F)c1. The Hall–Kier alpha value is -3.85. The van der Waals surface area contributed by atoms with Crippen LogP contribution < -0.4 is 16.0 Å². The van der Waals surface area contributed by atoms with Crippen LogP contribution in [0.3, 0.4) is 0 Å². The number of carbonyl (C=O) groups excluding carboxylic acids is 2. The van der Waals surface area contributed by atoms with Crippen LogP contribution in [0.5, 0.6) is 0 Å². The molecule has 1 aliphatic heterocycles. The van der Waals surface area contributed by atoms with Gasteiger partial charge in [0.1, 0.15) is 0 Å². The van der Waals surface area contributed by atoms with Crippen LogP contribution in [0.1, 0.15) is 29.7 Å². The molecule has 0 unspecified atom stereocenters. The number of hydrogen-bond acceptors (Lipinski definition) is 5. The van der Waals surface area contributed by atoms with Gasteiger partial charge in [0, 0.05) is 12.0 Å². The number of amides is 3. The van der Waals surface area contributed by atoms with E-state index in [4.69, 9.17) is 11.0 Å². The highest BCUT2D eigenvalue weighted by Crippen LogP contribution is 2.38. The third kappa shape index (κ3) is 4.54. The molecule has 0 fully saturated rings. The maximum absolute atomic E-state index is 13.2. The summed E-state index contributed by atoms with van der Waals surface area (Å²) < 4.78 is 64.2. The number of alkyl halides is 3. The summed E-state index contributed by atoms with van der Waals surface area (Å²) >= 11 is 0. The van der Waals surface area contributed by atoms with E-state index in [0.717, 1.165) is 35.4 Å². The highest BCUT2D eigenvalue weighted by molar-refractivity contribution is 7.90. The maximum atomic E-state index is 13.2. The molecule has 1 heterocycles. The predicted molar refractivity (Wildman–Crippen MR) is 111 cm³/mol. The van der Waals surface area contributed by atoms with Crippen molar-refractivity contribution < 1.29 is 31.2 Å². The van der Waals surface area contributed by atoms with E-state index in [1.807, 2.05) is 6.07 Å². The third-order valence-electron chi connectivity index (χ3n) is 5.04. The first kappa shape index (κ1) is 23.8. The van der Waals surface area contributed by atoms with Gasteiger partial charge in [-0.3, -0.25) is 9.69 Å². The highest BCUT2D eigenvalue weighted by Gasteiger charge is 2.38. The zero-order valence-corrected chi connectivity index (χ0v) is 18.1. The van der Waals surface area contributed by atoms with Crippen molar-refractivity contribution in [3.63, 3.8) is 0 Å². The van der Waals surface area contributed by atoms with Gasteiger partial charge in [0.05, 0.1) is 39.4 Å². The van der Waals surface area contributed by atoms with Crippen LogP contribution in [0.25, 0.3) is 0 Å². The average molecular weight is 478 g/mol. The number of carbonyl (C=O) groups is 2. The lowest BCUT2D eigenvalue weighted by molar-refractivity contribution is -0.137. The van der Waals surface area contributed by atoms with Gasteiger partial charge in [-0.2, -0.15) is 18.4 Å².